The summed E-state index contributed by atoms with van der Waals surface area (Å²) in [6, 6.07) is 8.07. The molecule has 3 heterocycles. The van der Waals surface area contributed by atoms with Crippen LogP contribution in [0.25, 0.3) is 21.9 Å². The van der Waals surface area contributed by atoms with E-state index < -0.39 is 0 Å². The highest BCUT2D eigenvalue weighted by Crippen LogP contribution is 2.29. The molecule has 4 rings (SSSR count). The number of aromatic nitrogens is 3. The molecule has 1 aliphatic heterocycles. The van der Waals surface area contributed by atoms with Crippen LogP contribution in [-0.4, -0.2) is 108 Å². The molecule has 0 spiro atoms. The van der Waals surface area contributed by atoms with Crippen molar-refractivity contribution in [3.8, 4) is 0 Å². The van der Waals surface area contributed by atoms with Crippen molar-refractivity contribution in [2.24, 2.45) is 0 Å². The number of rotatable bonds is 18. The zero-order valence-electron chi connectivity index (χ0n) is 26.2. The first kappa shape index (κ1) is 33.3. The van der Waals surface area contributed by atoms with Gasteiger partial charge in [0.05, 0.1) is 37.5 Å². The van der Waals surface area contributed by atoms with E-state index in [1.165, 1.54) is 6.92 Å². The summed E-state index contributed by atoms with van der Waals surface area (Å²) in [6.45, 7) is 10.2. The Morgan fingerprint density at radius 2 is 1.68 bits per heavy atom. The topological polar surface area (TPSA) is 145 Å². The number of Topliss-reactive ketones (excluding diaryl/α,β-unsaturated/α-hetero) is 1. The van der Waals surface area contributed by atoms with Gasteiger partial charge >= 0.3 is 0 Å². The van der Waals surface area contributed by atoms with Crippen molar-refractivity contribution in [3.63, 3.8) is 0 Å². The number of carbonyl (C=O) groups excluding carboxylic acids is 3. The number of carbonyl (C=O) groups is 3. The largest absolute Gasteiger partial charge is 0.382 e. The number of aryl methyl sites for hydroxylation is 1. The summed E-state index contributed by atoms with van der Waals surface area (Å²) in [6.07, 6.45) is 3.79. The normalized spacial score (nSPS) is 14.0. The van der Waals surface area contributed by atoms with Gasteiger partial charge in [0, 0.05) is 76.9 Å². The minimum atomic E-state index is -0.159. The van der Waals surface area contributed by atoms with Crippen LogP contribution < -0.4 is 11.1 Å². The molecule has 0 radical (unpaired) electrons. The number of anilines is 1. The average molecular weight is 610 g/mol. The third-order valence-electron chi connectivity index (χ3n) is 7.91. The maximum atomic E-state index is 12.8. The van der Waals surface area contributed by atoms with E-state index in [4.69, 9.17) is 20.2 Å². The van der Waals surface area contributed by atoms with Gasteiger partial charge in [-0.3, -0.25) is 19.3 Å². The van der Waals surface area contributed by atoms with Crippen LogP contribution in [0.2, 0.25) is 0 Å². The SMILES string of the molecule is CCCCc1nc2c(N)nc3ccccc3c2n1CCN1CCN(C(=O)CCC(=O)NCCOCCOCCC(C)=O)CC1. The minimum absolute atomic E-state index is 0.00987. The molecule has 12 nitrogen and oxygen atoms in total. The van der Waals surface area contributed by atoms with Crippen LogP contribution in [-0.2, 0) is 36.8 Å². The number of hydrogen-bond acceptors (Lipinski definition) is 9. The van der Waals surface area contributed by atoms with Crippen molar-refractivity contribution in [3.05, 3.63) is 30.1 Å². The summed E-state index contributed by atoms with van der Waals surface area (Å²) in [5, 5.41) is 3.85. The molecule has 1 fully saturated rings. The maximum absolute atomic E-state index is 12.8. The number of ether oxygens (including phenoxy) is 2. The number of hydrogen-bond donors (Lipinski definition) is 2. The maximum Gasteiger partial charge on any atom is 0.223 e. The smallest absolute Gasteiger partial charge is 0.223 e. The number of nitrogens with one attached hydrogen (secondary N) is 1. The number of pyridine rings is 1. The van der Waals surface area contributed by atoms with Crippen molar-refractivity contribution in [1.29, 1.82) is 0 Å². The van der Waals surface area contributed by atoms with Crippen LogP contribution >= 0.6 is 0 Å². The fourth-order valence-electron chi connectivity index (χ4n) is 5.40. The molecule has 240 valence electrons. The highest BCUT2D eigenvalue weighted by atomic mass is 16.5. The lowest BCUT2D eigenvalue weighted by molar-refractivity contribution is -0.135. The summed E-state index contributed by atoms with van der Waals surface area (Å²) in [7, 11) is 0. The Bertz CT molecular complexity index is 1400. The van der Waals surface area contributed by atoms with E-state index in [1.54, 1.807) is 0 Å². The summed E-state index contributed by atoms with van der Waals surface area (Å²) in [5.74, 6) is 1.46. The van der Waals surface area contributed by atoms with Crippen molar-refractivity contribution >= 4 is 45.4 Å². The third kappa shape index (κ3) is 9.44. The lowest BCUT2D eigenvalue weighted by Gasteiger charge is -2.35. The number of imidazole rings is 1. The van der Waals surface area contributed by atoms with Crippen LogP contribution in [0, 0.1) is 0 Å². The molecule has 0 unspecified atom stereocenters. The number of nitrogens with two attached hydrogens (primary N) is 1. The molecule has 3 N–H and O–H groups in total. The molecule has 2 amide bonds. The third-order valence-corrected chi connectivity index (χ3v) is 7.91. The summed E-state index contributed by atoms with van der Waals surface area (Å²) >= 11 is 0. The summed E-state index contributed by atoms with van der Waals surface area (Å²) < 4.78 is 13.0. The van der Waals surface area contributed by atoms with Crippen LogP contribution in [0.1, 0.15) is 51.8 Å². The Hall–Kier alpha value is -3.61. The Labute approximate surface area is 259 Å². The van der Waals surface area contributed by atoms with Crippen molar-refractivity contribution < 1.29 is 23.9 Å². The second-order valence-electron chi connectivity index (χ2n) is 11.2. The van der Waals surface area contributed by atoms with Gasteiger partial charge in [0.1, 0.15) is 17.1 Å². The van der Waals surface area contributed by atoms with Crippen LogP contribution in [0.3, 0.4) is 0 Å². The quantitative estimate of drug-likeness (QED) is 0.208. The number of piperazine rings is 1. The van der Waals surface area contributed by atoms with E-state index in [2.05, 4.69) is 32.8 Å². The Morgan fingerprint density at radius 1 is 0.932 bits per heavy atom. The molecular formula is C32H47N7O5. The predicted molar refractivity (Wildman–Crippen MR) is 170 cm³/mol. The molecule has 12 heteroatoms. The van der Waals surface area contributed by atoms with Gasteiger partial charge in [0.25, 0.3) is 0 Å². The minimum Gasteiger partial charge on any atom is -0.382 e. The van der Waals surface area contributed by atoms with Crippen molar-refractivity contribution in [2.75, 3.05) is 71.4 Å². The van der Waals surface area contributed by atoms with Crippen LogP contribution in [0.15, 0.2) is 24.3 Å². The first-order valence-electron chi connectivity index (χ1n) is 15.8. The second kappa shape index (κ2) is 17.0. The number of para-hydroxylation sites is 1. The van der Waals surface area contributed by atoms with Gasteiger partial charge < -0.3 is 30.0 Å². The fourth-order valence-corrected chi connectivity index (χ4v) is 5.40. The number of amides is 2. The number of nitrogens with zero attached hydrogens (tertiary/aromatic N) is 5. The van der Waals surface area contributed by atoms with Crippen LogP contribution in [0.5, 0.6) is 0 Å². The summed E-state index contributed by atoms with van der Waals surface area (Å²) in [4.78, 5) is 49.6. The first-order chi connectivity index (χ1) is 21.4. The van der Waals surface area contributed by atoms with Gasteiger partial charge in [-0.1, -0.05) is 31.5 Å². The number of ketones is 1. The number of unbranched alkanes of at least 4 members (excludes halogenated alkanes) is 1. The van der Waals surface area contributed by atoms with Gasteiger partial charge in [0.15, 0.2) is 5.82 Å². The van der Waals surface area contributed by atoms with Crippen LogP contribution in [0.4, 0.5) is 5.82 Å². The van der Waals surface area contributed by atoms with E-state index in [1.807, 2.05) is 23.1 Å². The van der Waals surface area contributed by atoms with Gasteiger partial charge in [-0.15, -0.1) is 0 Å². The lowest BCUT2D eigenvalue weighted by atomic mass is 10.2. The molecule has 0 aliphatic carbocycles. The lowest BCUT2D eigenvalue weighted by Crippen LogP contribution is -2.49. The Kier molecular flexibility index (Phi) is 12.9. The van der Waals surface area contributed by atoms with E-state index in [9.17, 15) is 14.4 Å². The number of fused-ring (bicyclic) bond motifs is 3. The molecule has 0 bridgehead atoms. The van der Waals surface area contributed by atoms with E-state index in [-0.39, 0.29) is 30.4 Å². The predicted octanol–water partition coefficient (Wildman–Crippen LogP) is 2.56. The molecule has 0 saturated carbocycles. The van der Waals surface area contributed by atoms with E-state index in [0.717, 1.165) is 73.2 Å². The highest BCUT2D eigenvalue weighted by Gasteiger charge is 2.23. The zero-order valence-corrected chi connectivity index (χ0v) is 26.2. The van der Waals surface area contributed by atoms with Gasteiger partial charge in [0.2, 0.25) is 11.8 Å². The van der Waals surface area contributed by atoms with E-state index in [0.29, 0.717) is 58.3 Å². The highest BCUT2D eigenvalue weighted by molar-refractivity contribution is 6.06. The molecule has 1 aromatic carbocycles. The second-order valence-corrected chi connectivity index (χ2v) is 11.2. The molecule has 3 aromatic rings. The first-order valence-corrected chi connectivity index (χ1v) is 15.8. The fraction of sp³-hybridized carbons (Fsp3) is 0.594. The standard InChI is InChI=1S/C32H47N7O5/c1-3-4-9-27-36-30-31(25-7-5-6-8-26(25)35-32(30)33)39(27)19-16-37-14-17-38(18-15-37)29(42)11-10-28(41)34-13-21-44-23-22-43-20-12-24(2)40/h5-8H,3-4,9-23H2,1-2H3,(H2,33,35)(H,34,41). The molecule has 2 aromatic heterocycles. The molecular weight excluding hydrogens is 562 g/mol. The van der Waals surface area contributed by atoms with Crippen molar-refractivity contribution in [2.45, 2.75) is 58.9 Å². The summed E-state index contributed by atoms with van der Waals surface area (Å²) in [5.41, 5.74) is 9.04. The Balaban J connectivity index is 1.18. The van der Waals surface area contributed by atoms with Gasteiger partial charge in [-0.25, -0.2) is 9.97 Å². The van der Waals surface area contributed by atoms with Crippen molar-refractivity contribution in [1.82, 2.24) is 29.7 Å². The van der Waals surface area contributed by atoms with E-state index >= 15 is 0 Å². The molecule has 1 saturated heterocycles. The number of nitrogen functional groups attached to an aromatic ring is 1. The molecule has 0 atom stereocenters. The molecule has 44 heavy (non-hydrogen) atoms. The van der Waals surface area contributed by atoms with Gasteiger partial charge in [-0.05, 0) is 19.4 Å². The van der Waals surface area contributed by atoms with Gasteiger partial charge in [-0.2, -0.15) is 0 Å². The zero-order chi connectivity index (χ0) is 31.3. The Morgan fingerprint density at radius 3 is 2.43 bits per heavy atom. The average Bonchev–Trinajstić information content (AvgIpc) is 3.40. The number of benzene rings is 1. The molecule has 1 aliphatic rings. The monoisotopic (exact) mass is 609 g/mol.